The number of nitrogens with two attached hydrogens (primary N) is 1. The van der Waals surface area contributed by atoms with E-state index in [1.807, 2.05) is 5.01 Å². The van der Waals surface area contributed by atoms with Crippen molar-refractivity contribution in [1.82, 2.24) is 5.01 Å². The summed E-state index contributed by atoms with van der Waals surface area (Å²) in [6.45, 7) is 7.14. The Hall–Kier alpha value is 0.137. The molecule has 0 amide bonds. The fourth-order valence-electron chi connectivity index (χ4n) is 1.13. The van der Waals surface area contributed by atoms with Crippen molar-refractivity contribution in [3.05, 3.63) is 0 Å². The van der Waals surface area contributed by atoms with Crippen molar-refractivity contribution in [3.8, 4) is 0 Å². The minimum Gasteiger partial charge on any atom is -0.269 e. The van der Waals surface area contributed by atoms with Gasteiger partial charge in [0.1, 0.15) is 0 Å². The molecule has 1 aliphatic rings. The first-order valence-electron chi connectivity index (χ1n) is 3.60. The number of hydrogen-bond donors (Lipinski definition) is 1. The summed E-state index contributed by atoms with van der Waals surface area (Å²) >= 11 is 0. The molecule has 54 valence electrons. The van der Waals surface area contributed by atoms with Gasteiger partial charge < -0.3 is 0 Å². The molecule has 1 fully saturated rings. The lowest BCUT2D eigenvalue weighted by atomic mass is 10.6. The van der Waals surface area contributed by atoms with Crippen LogP contribution in [0, 0.1) is 0 Å². The van der Waals surface area contributed by atoms with E-state index in [9.17, 15) is 0 Å². The van der Waals surface area contributed by atoms with Crippen LogP contribution in [-0.2, 0) is 0 Å². The number of rotatable bonds is 0. The van der Waals surface area contributed by atoms with Crippen LogP contribution in [0.1, 0.15) is 0 Å². The maximum absolute atomic E-state index is 5.61. The van der Waals surface area contributed by atoms with Crippen molar-refractivity contribution < 1.29 is 0 Å². The summed E-state index contributed by atoms with van der Waals surface area (Å²) in [5.41, 5.74) is 0. The lowest BCUT2D eigenvalue weighted by Crippen LogP contribution is -2.45. The lowest BCUT2D eigenvalue weighted by molar-refractivity contribution is 0.301. The monoisotopic (exact) mass is 144 g/mol. The Bertz CT molecular complexity index is 93.2. The Morgan fingerprint density at radius 1 is 1.22 bits per heavy atom. The summed E-state index contributed by atoms with van der Waals surface area (Å²) in [7, 11) is -0.754. The molecular weight excluding hydrogens is 128 g/mol. The minimum atomic E-state index is -0.754. The van der Waals surface area contributed by atoms with Crippen LogP contribution < -0.4 is 5.84 Å². The number of nitrogens with zero attached hydrogens (tertiary/aromatic N) is 1. The van der Waals surface area contributed by atoms with Crippen molar-refractivity contribution in [2.75, 3.05) is 13.1 Å². The van der Waals surface area contributed by atoms with E-state index in [0.717, 1.165) is 13.1 Å². The summed E-state index contributed by atoms with van der Waals surface area (Å²) in [6.07, 6.45) is 0. The molecule has 0 unspecified atom stereocenters. The normalized spacial score (nSPS) is 28.3. The van der Waals surface area contributed by atoms with Gasteiger partial charge in [-0.15, -0.1) is 0 Å². The molecule has 0 aromatic rings. The molecule has 1 rings (SSSR count). The van der Waals surface area contributed by atoms with Gasteiger partial charge in [0, 0.05) is 21.2 Å². The van der Waals surface area contributed by atoms with Crippen LogP contribution in [0.15, 0.2) is 0 Å². The Labute approximate surface area is 58.0 Å². The molecule has 0 aliphatic carbocycles. The van der Waals surface area contributed by atoms with Crippen LogP contribution in [-0.4, -0.2) is 26.2 Å². The Kier molecular flexibility index (Phi) is 1.93. The summed E-state index contributed by atoms with van der Waals surface area (Å²) in [4.78, 5) is 0. The van der Waals surface area contributed by atoms with Crippen molar-refractivity contribution >= 4 is 8.07 Å². The van der Waals surface area contributed by atoms with E-state index in [1.54, 1.807) is 0 Å². The van der Waals surface area contributed by atoms with E-state index >= 15 is 0 Å². The molecule has 0 aromatic carbocycles. The zero-order valence-electron chi connectivity index (χ0n) is 6.35. The molecule has 3 heteroatoms. The van der Waals surface area contributed by atoms with Gasteiger partial charge in [0.05, 0.1) is 0 Å². The van der Waals surface area contributed by atoms with Crippen LogP contribution in [0.25, 0.3) is 0 Å². The highest BCUT2D eigenvalue weighted by Crippen LogP contribution is 2.19. The Morgan fingerprint density at radius 3 is 2.00 bits per heavy atom. The van der Waals surface area contributed by atoms with E-state index < -0.39 is 8.07 Å². The molecular formula is C6H16N2Si. The minimum absolute atomic E-state index is 0.754. The zero-order valence-corrected chi connectivity index (χ0v) is 7.35. The maximum atomic E-state index is 5.61. The van der Waals surface area contributed by atoms with E-state index in [2.05, 4.69) is 13.1 Å². The third kappa shape index (κ3) is 2.08. The molecule has 0 saturated carbocycles. The van der Waals surface area contributed by atoms with Crippen molar-refractivity contribution in [2.45, 2.75) is 25.2 Å². The summed E-state index contributed by atoms with van der Waals surface area (Å²) in [5.74, 6) is 5.61. The number of hydrazine groups is 1. The third-order valence-electron chi connectivity index (χ3n) is 2.15. The highest BCUT2D eigenvalue weighted by Gasteiger charge is 2.25. The van der Waals surface area contributed by atoms with Gasteiger partial charge >= 0.3 is 0 Å². The third-order valence-corrected chi connectivity index (χ3v) is 5.31. The average Bonchev–Trinajstić information content (AvgIpc) is 1.78. The Morgan fingerprint density at radius 2 is 1.67 bits per heavy atom. The first-order chi connectivity index (χ1) is 4.10. The largest absolute Gasteiger partial charge is 0.269 e. The molecule has 2 nitrogen and oxygen atoms in total. The van der Waals surface area contributed by atoms with Crippen LogP contribution in [0.5, 0.6) is 0 Å². The van der Waals surface area contributed by atoms with Gasteiger partial charge in [0.2, 0.25) is 0 Å². The van der Waals surface area contributed by atoms with Gasteiger partial charge in [-0.3, -0.25) is 5.84 Å². The van der Waals surface area contributed by atoms with Crippen LogP contribution in [0.4, 0.5) is 0 Å². The zero-order chi connectivity index (χ0) is 6.91. The molecule has 1 saturated heterocycles. The predicted octanol–water partition coefficient (Wildman–Crippen LogP) is 0.884. The van der Waals surface area contributed by atoms with E-state index in [1.165, 1.54) is 12.1 Å². The molecule has 0 aromatic heterocycles. The topological polar surface area (TPSA) is 29.3 Å². The predicted molar refractivity (Wildman–Crippen MR) is 42.9 cm³/mol. The van der Waals surface area contributed by atoms with Gasteiger partial charge in [-0.25, -0.2) is 5.01 Å². The molecule has 0 atom stereocenters. The first-order valence-corrected chi connectivity index (χ1v) is 7.01. The summed E-state index contributed by atoms with van der Waals surface area (Å²) < 4.78 is 0. The quantitative estimate of drug-likeness (QED) is 0.404. The fourth-order valence-corrected chi connectivity index (χ4v) is 3.16. The second-order valence-corrected chi connectivity index (χ2v) is 9.03. The molecule has 0 spiro atoms. The maximum Gasteiger partial charge on any atom is 0.0500 e. The molecule has 9 heavy (non-hydrogen) atoms. The van der Waals surface area contributed by atoms with Gasteiger partial charge in [-0.05, 0) is 12.1 Å². The highest BCUT2D eigenvalue weighted by molar-refractivity contribution is 6.77. The lowest BCUT2D eigenvalue weighted by Gasteiger charge is -2.32. The molecule has 1 heterocycles. The second-order valence-electron chi connectivity index (χ2n) is 3.70. The molecule has 1 aliphatic heterocycles. The molecule has 0 bridgehead atoms. The van der Waals surface area contributed by atoms with Crippen LogP contribution in [0.2, 0.25) is 25.2 Å². The molecule has 2 N–H and O–H groups in total. The fraction of sp³-hybridized carbons (Fsp3) is 1.00. The summed E-state index contributed by atoms with van der Waals surface area (Å²) in [5, 5.41) is 1.94. The van der Waals surface area contributed by atoms with Crippen molar-refractivity contribution in [2.24, 2.45) is 5.84 Å². The van der Waals surface area contributed by atoms with E-state index in [-0.39, 0.29) is 0 Å². The second kappa shape index (κ2) is 2.40. The Balaban J connectivity index is 2.35. The van der Waals surface area contributed by atoms with E-state index in [0.29, 0.717) is 0 Å². The van der Waals surface area contributed by atoms with Crippen molar-refractivity contribution in [3.63, 3.8) is 0 Å². The number of hydrogen-bond acceptors (Lipinski definition) is 2. The van der Waals surface area contributed by atoms with Gasteiger partial charge in [0.25, 0.3) is 0 Å². The van der Waals surface area contributed by atoms with Crippen LogP contribution >= 0.6 is 0 Å². The highest BCUT2D eigenvalue weighted by atomic mass is 28.3. The smallest absolute Gasteiger partial charge is 0.0500 e. The first kappa shape index (κ1) is 7.25. The van der Waals surface area contributed by atoms with Gasteiger partial charge in [-0.1, -0.05) is 13.1 Å². The van der Waals surface area contributed by atoms with Crippen molar-refractivity contribution in [1.29, 1.82) is 0 Å². The van der Waals surface area contributed by atoms with E-state index in [4.69, 9.17) is 5.84 Å². The summed E-state index contributed by atoms with van der Waals surface area (Å²) in [6, 6.07) is 2.76. The molecule has 0 radical (unpaired) electrons. The van der Waals surface area contributed by atoms with Gasteiger partial charge in [-0.2, -0.15) is 0 Å². The van der Waals surface area contributed by atoms with Gasteiger partial charge in [0.15, 0.2) is 0 Å². The van der Waals surface area contributed by atoms with Crippen LogP contribution in [0.3, 0.4) is 0 Å². The SMILES string of the molecule is C[Si]1(C)CCN(N)CC1. The average molecular weight is 144 g/mol. The standard InChI is InChI=1S/C6H16N2Si/c1-9(2)5-3-8(7)4-6-9/h3-7H2,1-2H3.